The summed E-state index contributed by atoms with van der Waals surface area (Å²) < 4.78 is 7.63. The Kier molecular flexibility index (Phi) is 3.49. The second-order valence-corrected chi connectivity index (χ2v) is 4.64. The molecule has 0 amide bonds. The van der Waals surface area contributed by atoms with Crippen LogP contribution in [0.25, 0.3) is 0 Å². The zero-order valence-corrected chi connectivity index (χ0v) is 10.2. The van der Waals surface area contributed by atoms with Gasteiger partial charge >= 0.3 is 0 Å². The highest BCUT2D eigenvalue weighted by Crippen LogP contribution is 2.23. The average molecular weight is 223 g/mol. The Morgan fingerprint density at radius 2 is 2.06 bits per heavy atom. The lowest BCUT2D eigenvalue weighted by Gasteiger charge is -2.21. The van der Waals surface area contributed by atoms with E-state index in [2.05, 4.69) is 5.10 Å². The molecule has 1 aliphatic rings. The Balaban J connectivity index is 1.93. The normalized spacial score (nSPS) is 17.9. The number of nitrogens with two attached hydrogens (primary N) is 1. The van der Waals surface area contributed by atoms with E-state index in [-0.39, 0.29) is 0 Å². The maximum atomic E-state index is 5.94. The summed E-state index contributed by atoms with van der Waals surface area (Å²) in [4.78, 5) is 0. The molecule has 90 valence electrons. The minimum atomic E-state index is 0.424. The second-order valence-electron chi connectivity index (χ2n) is 4.64. The van der Waals surface area contributed by atoms with Crippen molar-refractivity contribution < 1.29 is 4.74 Å². The van der Waals surface area contributed by atoms with Crippen molar-refractivity contribution in [3.63, 3.8) is 0 Å². The first-order valence-corrected chi connectivity index (χ1v) is 6.08. The molecule has 2 rings (SSSR count). The van der Waals surface area contributed by atoms with Crippen molar-refractivity contribution in [3.05, 3.63) is 11.3 Å². The summed E-state index contributed by atoms with van der Waals surface area (Å²) >= 11 is 0. The Bertz CT molecular complexity index is 353. The first-order chi connectivity index (χ1) is 7.68. The Morgan fingerprint density at radius 1 is 1.38 bits per heavy atom. The quantitative estimate of drug-likeness (QED) is 0.854. The number of nitrogens with zero attached hydrogens (tertiary/aromatic N) is 2. The Labute approximate surface area is 96.8 Å². The largest absolute Gasteiger partial charge is 0.384 e. The van der Waals surface area contributed by atoms with Crippen LogP contribution in [0.2, 0.25) is 0 Å². The third kappa shape index (κ3) is 2.38. The van der Waals surface area contributed by atoms with Gasteiger partial charge in [0.2, 0.25) is 0 Å². The van der Waals surface area contributed by atoms with E-state index in [1.165, 1.54) is 32.1 Å². The summed E-state index contributed by atoms with van der Waals surface area (Å²) in [5.41, 5.74) is 7.97. The van der Waals surface area contributed by atoms with Crippen LogP contribution >= 0.6 is 0 Å². The predicted octanol–water partition coefficient (Wildman–Crippen LogP) is 2.16. The lowest BCUT2D eigenvalue weighted by Crippen LogP contribution is -2.16. The number of hydrogen-bond acceptors (Lipinski definition) is 3. The summed E-state index contributed by atoms with van der Waals surface area (Å²) in [6.07, 6.45) is 6.76. The minimum Gasteiger partial charge on any atom is -0.384 e. The van der Waals surface area contributed by atoms with Crippen LogP contribution in [0.3, 0.4) is 0 Å². The van der Waals surface area contributed by atoms with Crippen LogP contribution in [0.1, 0.15) is 43.4 Å². The van der Waals surface area contributed by atoms with Crippen molar-refractivity contribution in [2.45, 2.75) is 51.7 Å². The van der Waals surface area contributed by atoms with Crippen LogP contribution in [0.15, 0.2) is 0 Å². The molecule has 4 heteroatoms. The van der Waals surface area contributed by atoms with Gasteiger partial charge in [0.15, 0.2) is 0 Å². The SMILES string of the molecule is Cc1nn(C)c(N)c1COC1CCCCC1. The molecular weight excluding hydrogens is 202 g/mol. The number of aromatic nitrogens is 2. The van der Waals surface area contributed by atoms with Crippen LogP contribution in [-0.2, 0) is 18.4 Å². The molecule has 0 bridgehead atoms. The van der Waals surface area contributed by atoms with Crippen molar-refractivity contribution in [1.82, 2.24) is 9.78 Å². The highest BCUT2D eigenvalue weighted by molar-refractivity contribution is 5.42. The highest BCUT2D eigenvalue weighted by atomic mass is 16.5. The van der Waals surface area contributed by atoms with E-state index in [0.717, 1.165) is 17.1 Å². The summed E-state index contributed by atoms with van der Waals surface area (Å²) in [5, 5.41) is 4.29. The molecule has 1 saturated carbocycles. The van der Waals surface area contributed by atoms with Crippen LogP contribution < -0.4 is 5.73 Å². The van der Waals surface area contributed by atoms with Gasteiger partial charge < -0.3 is 10.5 Å². The number of aryl methyl sites for hydroxylation is 2. The van der Waals surface area contributed by atoms with Gasteiger partial charge in [-0.1, -0.05) is 19.3 Å². The molecule has 1 heterocycles. The van der Waals surface area contributed by atoms with Gasteiger partial charge in [-0.15, -0.1) is 0 Å². The van der Waals surface area contributed by atoms with Gasteiger partial charge in [0.25, 0.3) is 0 Å². The number of hydrogen-bond donors (Lipinski definition) is 1. The van der Waals surface area contributed by atoms with Gasteiger partial charge in [0.05, 0.1) is 18.4 Å². The summed E-state index contributed by atoms with van der Waals surface area (Å²) in [7, 11) is 1.87. The lowest BCUT2D eigenvalue weighted by atomic mass is 9.98. The Hall–Kier alpha value is -1.03. The number of rotatable bonds is 3. The molecule has 0 radical (unpaired) electrons. The molecule has 1 aromatic heterocycles. The van der Waals surface area contributed by atoms with Gasteiger partial charge in [0.1, 0.15) is 5.82 Å². The number of anilines is 1. The summed E-state index contributed by atoms with van der Waals surface area (Å²) in [5.74, 6) is 0.730. The van der Waals surface area contributed by atoms with Crippen molar-refractivity contribution in [3.8, 4) is 0 Å². The van der Waals surface area contributed by atoms with Crippen molar-refractivity contribution in [2.75, 3.05) is 5.73 Å². The molecule has 16 heavy (non-hydrogen) atoms. The van der Waals surface area contributed by atoms with E-state index in [1.54, 1.807) is 4.68 Å². The molecule has 1 aromatic rings. The van der Waals surface area contributed by atoms with E-state index in [4.69, 9.17) is 10.5 Å². The minimum absolute atomic E-state index is 0.424. The fraction of sp³-hybridized carbons (Fsp3) is 0.750. The first-order valence-electron chi connectivity index (χ1n) is 6.08. The smallest absolute Gasteiger partial charge is 0.127 e. The van der Waals surface area contributed by atoms with Crippen LogP contribution in [0.4, 0.5) is 5.82 Å². The molecule has 4 nitrogen and oxygen atoms in total. The average Bonchev–Trinajstić information content (AvgIpc) is 2.53. The van der Waals surface area contributed by atoms with E-state index in [1.807, 2.05) is 14.0 Å². The molecular formula is C12H21N3O. The zero-order valence-electron chi connectivity index (χ0n) is 10.2. The van der Waals surface area contributed by atoms with E-state index in [9.17, 15) is 0 Å². The molecule has 1 aliphatic carbocycles. The molecule has 0 unspecified atom stereocenters. The third-order valence-corrected chi connectivity index (χ3v) is 3.41. The molecule has 0 atom stereocenters. The molecule has 0 aliphatic heterocycles. The Morgan fingerprint density at radius 3 is 2.62 bits per heavy atom. The molecule has 0 saturated heterocycles. The molecule has 0 aromatic carbocycles. The summed E-state index contributed by atoms with van der Waals surface area (Å²) in [6, 6.07) is 0. The van der Waals surface area contributed by atoms with E-state index < -0.39 is 0 Å². The van der Waals surface area contributed by atoms with Gasteiger partial charge in [-0.25, -0.2) is 0 Å². The molecule has 1 fully saturated rings. The first kappa shape index (κ1) is 11.5. The van der Waals surface area contributed by atoms with Gasteiger partial charge in [-0.05, 0) is 19.8 Å². The number of ether oxygens (including phenoxy) is 1. The standard InChI is InChI=1S/C12H21N3O/c1-9-11(12(13)15(2)14-9)8-16-10-6-4-3-5-7-10/h10H,3-8,13H2,1-2H3. The van der Waals surface area contributed by atoms with Crippen molar-refractivity contribution >= 4 is 5.82 Å². The maximum Gasteiger partial charge on any atom is 0.127 e. The molecule has 2 N–H and O–H groups in total. The van der Waals surface area contributed by atoms with Crippen LogP contribution in [0, 0.1) is 6.92 Å². The van der Waals surface area contributed by atoms with Crippen LogP contribution in [-0.4, -0.2) is 15.9 Å². The lowest BCUT2D eigenvalue weighted by molar-refractivity contribution is 0.0169. The molecule has 0 spiro atoms. The zero-order chi connectivity index (χ0) is 11.5. The van der Waals surface area contributed by atoms with Gasteiger partial charge in [-0.3, -0.25) is 4.68 Å². The van der Waals surface area contributed by atoms with Crippen molar-refractivity contribution in [1.29, 1.82) is 0 Å². The third-order valence-electron chi connectivity index (χ3n) is 3.41. The monoisotopic (exact) mass is 223 g/mol. The van der Waals surface area contributed by atoms with Gasteiger partial charge in [-0.2, -0.15) is 5.10 Å². The second kappa shape index (κ2) is 4.87. The topological polar surface area (TPSA) is 53.1 Å². The fourth-order valence-corrected chi connectivity index (χ4v) is 2.33. The van der Waals surface area contributed by atoms with Gasteiger partial charge in [0, 0.05) is 12.6 Å². The predicted molar refractivity (Wildman–Crippen MR) is 64.0 cm³/mol. The highest BCUT2D eigenvalue weighted by Gasteiger charge is 2.16. The van der Waals surface area contributed by atoms with E-state index >= 15 is 0 Å². The van der Waals surface area contributed by atoms with E-state index in [0.29, 0.717) is 12.7 Å². The maximum absolute atomic E-state index is 5.94. The summed E-state index contributed by atoms with van der Waals surface area (Å²) in [6.45, 7) is 2.59. The number of nitrogen functional groups attached to an aromatic ring is 1. The van der Waals surface area contributed by atoms with Crippen molar-refractivity contribution in [2.24, 2.45) is 7.05 Å². The van der Waals surface area contributed by atoms with Crippen LogP contribution in [0.5, 0.6) is 0 Å². The fourth-order valence-electron chi connectivity index (χ4n) is 2.33.